The first-order valence-electron chi connectivity index (χ1n) is 8.39. The van der Waals surface area contributed by atoms with E-state index in [1.165, 1.54) is 13.2 Å². The summed E-state index contributed by atoms with van der Waals surface area (Å²) in [6.45, 7) is 2.46. The minimum atomic E-state index is -0.192. The maximum atomic E-state index is 12.1. The van der Waals surface area contributed by atoms with Gasteiger partial charge in [-0.1, -0.05) is 6.07 Å². The first-order chi connectivity index (χ1) is 12.6. The lowest BCUT2D eigenvalue weighted by Gasteiger charge is -2.12. The number of aryl methyl sites for hydroxylation is 2. The number of hydrogen-bond acceptors (Lipinski definition) is 5. The van der Waals surface area contributed by atoms with Crippen molar-refractivity contribution in [3.63, 3.8) is 0 Å². The van der Waals surface area contributed by atoms with Crippen LogP contribution in [0.5, 0.6) is 5.75 Å². The zero-order valence-electron chi connectivity index (χ0n) is 14.8. The van der Waals surface area contributed by atoms with Crippen molar-refractivity contribution >= 4 is 11.6 Å². The minimum absolute atomic E-state index is 0.120. The number of carbonyl (C=O) groups excluding carboxylic acids is 1. The van der Waals surface area contributed by atoms with E-state index < -0.39 is 0 Å². The maximum absolute atomic E-state index is 12.1. The molecule has 0 fully saturated rings. The van der Waals surface area contributed by atoms with Gasteiger partial charge in [-0.3, -0.25) is 14.0 Å². The number of ether oxygens (including phenoxy) is 1. The van der Waals surface area contributed by atoms with Gasteiger partial charge in [0.1, 0.15) is 12.4 Å². The van der Waals surface area contributed by atoms with E-state index in [0.29, 0.717) is 12.2 Å². The Kier molecular flexibility index (Phi) is 5.31. The Bertz CT molecular complexity index is 976. The molecule has 3 heterocycles. The van der Waals surface area contributed by atoms with Gasteiger partial charge in [-0.2, -0.15) is 0 Å². The minimum Gasteiger partial charge on any atom is -0.491 e. The van der Waals surface area contributed by atoms with Crippen LogP contribution in [0.2, 0.25) is 0 Å². The number of carbonyl (C=O) groups is 1. The Balaban J connectivity index is 1.51. The fourth-order valence-electron chi connectivity index (χ4n) is 2.72. The van der Waals surface area contributed by atoms with Gasteiger partial charge in [-0.25, -0.2) is 0 Å². The number of nitrogens with zero attached hydrogens (tertiary/aromatic N) is 4. The molecular formula is C18H21N5O3. The molecule has 0 bridgehead atoms. The summed E-state index contributed by atoms with van der Waals surface area (Å²) in [4.78, 5) is 23.8. The van der Waals surface area contributed by atoms with Gasteiger partial charge in [-0.15, -0.1) is 10.2 Å². The average molecular weight is 355 g/mol. The van der Waals surface area contributed by atoms with Crippen molar-refractivity contribution in [3.8, 4) is 5.75 Å². The average Bonchev–Trinajstić information content (AvgIpc) is 3.04. The third-order valence-corrected chi connectivity index (χ3v) is 4.13. The lowest BCUT2D eigenvalue weighted by Crippen LogP contribution is -2.29. The molecule has 1 N–H and O–H groups in total. The number of rotatable bonds is 7. The van der Waals surface area contributed by atoms with Crippen molar-refractivity contribution in [1.82, 2.24) is 24.5 Å². The Morgan fingerprint density at radius 3 is 2.96 bits per heavy atom. The topological polar surface area (TPSA) is 90.5 Å². The Hall–Kier alpha value is -3.16. The molecule has 8 nitrogen and oxygen atoms in total. The first-order valence-corrected chi connectivity index (χ1v) is 8.39. The number of hydrogen-bond donors (Lipinski definition) is 1. The van der Waals surface area contributed by atoms with Crippen molar-refractivity contribution in [2.75, 3.05) is 13.7 Å². The number of amides is 1. The molecule has 3 rings (SSSR count). The number of fused-ring (bicyclic) bond motifs is 1. The number of aromatic nitrogens is 4. The predicted octanol–water partition coefficient (Wildman–Crippen LogP) is 0.957. The van der Waals surface area contributed by atoms with Gasteiger partial charge in [0.05, 0.1) is 13.3 Å². The highest BCUT2D eigenvalue weighted by Crippen LogP contribution is 2.06. The molecule has 0 saturated carbocycles. The van der Waals surface area contributed by atoms with Crippen LogP contribution in [0.25, 0.3) is 5.65 Å². The van der Waals surface area contributed by atoms with E-state index in [2.05, 4.69) is 15.5 Å². The molecule has 0 aliphatic rings. The second-order valence-corrected chi connectivity index (χ2v) is 5.97. The van der Waals surface area contributed by atoms with E-state index in [1.807, 2.05) is 28.8 Å². The highest BCUT2D eigenvalue weighted by molar-refractivity contribution is 5.75. The predicted molar refractivity (Wildman–Crippen MR) is 96.3 cm³/mol. The monoisotopic (exact) mass is 355 g/mol. The molecule has 8 heteroatoms. The maximum Gasteiger partial charge on any atom is 0.239 e. The molecule has 0 aromatic carbocycles. The lowest BCUT2D eigenvalue weighted by atomic mass is 10.3. The van der Waals surface area contributed by atoms with Gasteiger partial charge in [0.25, 0.3) is 0 Å². The molecule has 3 aromatic rings. The smallest absolute Gasteiger partial charge is 0.239 e. The molecule has 3 aromatic heterocycles. The van der Waals surface area contributed by atoms with Crippen molar-refractivity contribution in [2.45, 2.75) is 26.3 Å². The molecular weight excluding hydrogens is 334 g/mol. The van der Waals surface area contributed by atoms with Crippen LogP contribution in [0, 0.1) is 6.92 Å². The first kappa shape index (κ1) is 17.7. The van der Waals surface area contributed by atoms with Gasteiger partial charge >= 0.3 is 0 Å². The molecule has 0 unspecified atom stereocenters. The molecule has 0 radical (unpaired) electrons. The summed E-state index contributed by atoms with van der Waals surface area (Å²) in [7, 11) is 1.44. The van der Waals surface area contributed by atoms with E-state index >= 15 is 0 Å². The molecule has 1 amide bonds. The summed E-state index contributed by atoms with van der Waals surface area (Å²) in [5.74, 6) is 0.975. The largest absolute Gasteiger partial charge is 0.491 e. The number of nitrogens with one attached hydrogen (secondary N) is 1. The molecule has 0 aliphatic carbocycles. The van der Waals surface area contributed by atoms with E-state index in [1.54, 1.807) is 17.7 Å². The third kappa shape index (κ3) is 3.90. The zero-order valence-corrected chi connectivity index (χ0v) is 14.8. The van der Waals surface area contributed by atoms with Crippen molar-refractivity contribution in [3.05, 3.63) is 58.4 Å². The SMILES string of the molecule is COc1cn(CC(=O)NCCCc2nnc3ccccn23)c(C)cc1=O. The fraction of sp³-hybridized carbons (Fsp3) is 0.333. The summed E-state index contributed by atoms with van der Waals surface area (Å²) in [6.07, 6.45) is 4.96. The van der Waals surface area contributed by atoms with Crippen molar-refractivity contribution < 1.29 is 9.53 Å². The normalized spacial score (nSPS) is 10.8. The van der Waals surface area contributed by atoms with Crippen LogP contribution in [-0.2, 0) is 17.8 Å². The summed E-state index contributed by atoms with van der Waals surface area (Å²) >= 11 is 0. The van der Waals surface area contributed by atoms with E-state index in [4.69, 9.17) is 4.74 Å². The van der Waals surface area contributed by atoms with Crippen LogP contribution in [0.1, 0.15) is 17.9 Å². The third-order valence-electron chi connectivity index (χ3n) is 4.13. The number of methoxy groups -OCH3 is 1. The lowest BCUT2D eigenvalue weighted by molar-refractivity contribution is -0.121. The van der Waals surface area contributed by atoms with Crippen LogP contribution in [0.4, 0.5) is 0 Å². The Morgan fingerprint density at radius 2 is 2.15 bits per heavy atom. The Morgan fingerprint density at radius 1 is 1.31 bits per heavy atom. The van der Waals surface area contributed by atoms with Crippen molar-refractivity contribution in [1.29, 1.82) is 0 Å². The van der Waals surface area contributed by atoms with E-state index in [9.17, 15) is 9.59 Å². The van der Waals surface area contributed by atoms with Crippen molar-refractivity contribution in [2.24, 2.45) is 0 Å². The zero-order chi connectivity index (χ0) is 18.5. The fourth-order valence-corrected chi connectivity index (χ4v) is 2.72. The van der Waals surface area contributed by atoms with Gasteiger partial charge < -0.3 is 14.6 Å². The molecule has 0 atom stereocenters. The molecule has 0 spiro atoms. The molecule has 0 aliphatic heterocycles. The van der Waals surface area contributed by atoms with Gasteiger partial charge in [-0.05, 0) is 25.5 Å². The second kappa shape index (κ2) is 7.81. The van der Waals surface area contributed by atoms with E-state index in [-0.39, 0.29) is 23.6 Å². The summed E-state index contributed by atoms with van der Waals surface area (Å²) in [5, 5.41) is 11.2. The van der Waals surface area contributed by atoms with Crippen LogP contribution < -0.4 is 15.5 Å². The molecule has 136 valence electrons. The van der Waals surface area contributed by atoms with Crippen LogP contribution in [0.15, 0.2) is 41.5 Å². The number of pyridine rings is 2. The molecule has 26 heavy (non-hydrogen) atoms. The quantitative estimate of drug-likeness (QED) is 0.638. The van der Waals surface area contributed by atoms with Gasteiger partial charge in [0.15, 0.2) is 11.4 Å². The summed E-state index contributed by atoms with van der Waals surface area (Å²) < 4.78 is 8.66. The second-order valence-electron chi connectivity index (χ2n) is 5.97. The van der Waals surface area contributed by atoms with Gasteiger partial charge in [0, 0.05) is 30.9 Å². The van der Waals surface area contributed by atoms with Crippen LogP contribution in [-0.4, -0.2) is 38.7 Å². The van der Waals surface area contributed by atoms with Crippen LogP contribution in [0.3, 0.4) is 0 Å². The van der Waals surface area contributed by atoms with E-state index in [0.717, 1.165) is 24.3 Å². The highest BCUT2D eigenvalue weighted by atomic mass is 16.5. The van der Waals surface area contributed by atoms with Gasteiger partial charge in [0.2, 0.25) is 11.3 Å². The Labute approximate surface area is 150 Å². The standard InChI is InChI=1S/C18H21N5O3/c1-13-10-14(24)15(26-2)11-22(13)12-18(25)19-8-5-7-17-21-20-16-6-3-4-9-23(16)17/h3-4,6,9-11H,5,7-8,12H2,1-2H3,(H,19,25). The summed E-state index contributed by atoms with van der Waals surface area (Å²) in [6, 6.07) is 7.21. The summed E-state index contributed by atoms with van der Waals surface area (Å²) in [5.41, 5.74) is 1.33. The van der Waals surface area contributed by atoms with Crippen LogP contribution >= 0.6 is 0 Å². The highest BCUT2D eigenvalue weighted by Gasteiger charge is 2.08. The molecule has 0 saturated heterocycles.